The minimum atomic E-state index is -1.31. The number of halogens is 1. The van der Waals surface area contributed by atoms with E-state index in [2.05, 4.69) is 49.1 Å². The number of hydrogen-bond donors (Lipinski definition) is 2. The number of amides is 2. The van der Waals surface area contributed by atoms with E-state index < -0.39 is 16.6 Å². The molecule has 3 N–H and O–H groups in total. The van der Waals surface area contributed by atoms with Gasteiger partial charge in [0.2, 0.25) is 11.1 Å². The van der Waals surface area contributed by atoms with Crippen molar-refractivity contribution in [1.82, 2.24) is 48.7 Å². The Kier molecular flexibility index (Phi) is 21.4. The predicted octanol–water partition coefficient (Wildman–Crippen LogP) is 6.86. The van der Waals surface area contributed by atoms with E-state index in [0.717, 1.165) is 82.9 Å². The van der Waals surface area contributed by atoms with E-state index in [1.165, 1.54) is 36.7 Å². The molecule has 2 aromatic carbocycles. The van der Waals surface area contributed by atoms with Gasteiger partial charge in [-0.25, -0.2) is 19.3 Å². The lowest BCUT2D eigenvalue weighted by Crippen LogP contribution is -2.34. The fourth-order valence-corrected chi connectivity index (χ4v) is 10.6. The Morgan fingerprint density at radius 1 is 0.714 bits per heavy atom. The van der Waals surface area contributed by atoms with Crippen molar-refractivity contribution in [2.45, 2.75) is 101 Å². The van der Waals surface area contributed by atoms with E-state index >= 15 is 0 Å². The first-order valence-electron chi connectivity index (χ1n) is 24.9. The summed E-state index contributed by atoms with van der Waals surface area (Å²) in [5.74, 6) is -0.639. The van der Waals surface area contributed by atoms with Crippen LogP contribution in [0.2, 0.25) is 0 Å². The maximum absolute atomic E-state index is 15.0. The fourth-order valence-electron chi connectivity index (χ4n) is 10.2. The Bertz CT molecular complexity index is 3310. The molecule has 410 valence electrons. The van der Waals surface area contributed by atoms with Crippen LogP contribution in [0.15, 0.2) is 81.7 Å². The molecular weight excluding hydrogens is 1040 g/mol. The van der Waals surface area contributed by atoms with Gasteiger partial charge in [0.1, 0.15) is 40.4 Å². The lowest BCUT2D eigenvalue weighted by atomic mass is 10.1. The average molecular weight is 1110 g/mol. The summed E-state index contributed by atoms with van der Waals surface area (Å²) in [6.45, 7) is 2.83. The van der Waals surface area contributed by atoms with Crippen molar-refractivity contribution in [3.63, 3.8) is 0 Å². The first-order chi connectivity index (χ1) is 35.5. The van der Waals surface area contributed by atoms with Crippen molar-refractivity contribution < 1.29 is 18.2 Å². The number of rotatable bonds is 9. The van der Waals surface area contributed by atoms with E-state index in [9.17, 15) is 33.0 Å². The number of nitrogen functional groups attached to an aromatic ring is 1. The van der Waals surface area contributed by atoms with E-state index in [4.69, 9.17) is 11.0 Å². The summed E-state index contributed by atoms with van der Waals surface area (Å²) in [6, 6.07) is 19.2. The van der Waals surface area contributed by atoms with Crippen LogP contribution in [-0.4, -0.2) is 137 Å². The minimum Gasteiger partial charge on any atom is -0.399 e. The zero-order valence-electron chi connectivity index (χ0n) is 43.3. The van der Waals surface area contributed by atoms with Gasteiger partial charge in [-0.1, -0.05) is 33.1 Å². The third-order valence-corrected chi connectivity index (χ3v) is 15.1. The molecule has 6 aromatic rings. The molecule has 10 rings (SSSR count). The number of anilines is 3. The van der Waals surface area contributed by atoms with Gasteiger partial charge in [0.15, 0.2) is 0 Å². The van der Waals surface area contributed by atoms with Crippen molar-refractivity contribution in [3.8, 4) is 12.1 Å². The van der Waals surface area contributed by atoms with Crippen LogP contribution < -0.4 is 22.2 Å². The fraction of sp³-hybridized carbons (Fsp3) is 0.444. The SMILES string of the molecule is C.CN(C)[C@H]1CCN(C(=O)c2ccc(N)cc2)C1.CN(C)[C@H]1CCN(C(=O)c2ccc(Nc3ncc4cc(C#N)c(=O)n(C5CCCC5)c4n3)cc2F)C1.CS(=O)c1ncc2cc(C#N)c(=O)n(C3CCCC3)c2n1.S.S. The highest BCUT2D eigenvalue weighted by Crippen LogP contribution is 2.32. The van der Waals surface area contributed by atoms with E-state index in [1.54, 1.807) is 50.6 Å². The number of nitrogens with two attached hydrogens (primary N) is 1. The first kappa shape index (κ1) is 61.1. The number of nitriles is 2. The van der Waals surface area contributed by atoms with Gasteiger partial charge in [-0.05, 0) is 121 Å². The number of pyridine rings is 2. The smallest absolute Gasteiger partial charge is 0.270 e. The molecule has 23 heteroatoms. The summed E-state index contributed by atoms with van der Waals surface area (Å²) in [7, 11) is 6.76. The molecule has 77 heavy (non-hydrogen) atoms. The number of likely N-dealkylation sites (tertiary alicyclic amines) is 2. The van der Waals surface area contributed by atoms with Gasteiger partial charge in [-0.3, -0.25) is 32.5 Å². The van der Waals surface area contributed by atoms with Crippen molar-refractivity contribution >= 4 is 89.0 Å². The Labute approximate surface area is 464 Å². The summed E-state index contributed by atoms with van der Waals surface area (Å²) in [6.07, 6.45) is 14.2. The molecule has 1 unspecified atom stereocenters. The zero-order chi connectivity index (χ0) is 52.8. The van der Waals surface area contributed by atoms with Gasteiger partial charge >= 0.3 is 0 Å². The van der Waals surface area contributed by atoms with Gasteiger partial charge in [0.25, 0.3) is 22.9 Å². The molecule has 0 bridgehead atoms. The Hall–Kier alpha value is -6.76. The molecule has 0 radical (unpaired) electrons. The zero-order valence-corrected chi connectivity index (χ0v) is 46.1. The molecule has 6 heterocycles. The van der Waals surface area contributed by atoms with Crippen molar-refractivity contribution in [2.75, 3.05) is 71.7 Å². The molecule has 2 aliphatic heterocycles. The second kappa shape index (κ2) is 27.0. The molecule has 3 atom stereocenters. The van der Waals surface area contributed by atoms with E-state index in [0.29, 0.717) is 52.6 Å². The molecule has 19 nitrogen and oxygen atoms in total. The topological polar surface area (TPSA) is 245 Å². The van der Waals surface area contributed by atoms with E-state index in [-0.39, 0.29) is 103 Å². The molecule has 2 amide bonds. The van der Waals surface area contributed by atoms with Crippen LogP contribution in [0.25, 0.3) is 22.1 Å². The third kappa shape index (κ3) is 13.9. The molecule has 2 saturated carbocycles. The summed E-state index contributed by atoms with van der Waals surface area (Å²) in [4.78, 5) is 75.5. The number of nitrogens with one attached hydrogen (secondary N) is 1. The van der Waals surface area contributed by atoms with Gasteiger partial charge in [0.05, 0.1) is 16.4 Å². The summed E-state index contributed by atoms with van der Waals surface area (Å²) in [5.41, 5.74) is 7.85. The highest BCUT2D eigenvalue weighted by molar-refractivity contribution is 7.84. The molecular formula is C54H69FN14O5S3. The molecule has 4 fully saturated rings. The van der Waals surface area contributed by atoms with Crippen LogP contribution in [0, 0.1) is 28.5 Å². The Balaban J connectivity index is 0.000000228. The van der Waals surface area contributed by atoms with Gasteiger partial charge in [-0.15, -0.1) is 0 Å². The maximum atomic E-state index is 15.0. The number of hydrogen-bond acceptors (Lipinski definition) is 15. The minimum absolute atomic E-state index is 0. The molecule has 2 saturated heterocycles. The normalized spacial score (nSPS) is 17.5. The van der Waals surface area contributed by atoms with E-state index in [1.807, 2.05) is 31.1 Å². The van der Waals surface area contributed by atoms with Gasteiger partial charge in [-0.2, -0.15) is 42.5 Å². The van der Waals surface area contributed by atoms with Crippen molar-refractivity contribution in [2.24, 2.45) is 0 Å². The lowest BCUT2D eigenvalue weighted by molar-refractivity contribution is 0.0772. The standard InChI is InChI=1S/C26H28FN7O2.C14H14N4O2S.C13H19N3O.CH4.2H2S/c1-32(2)20-9-10-33(15-20)25(36)21-8-7-18(12-22(21)27)30-26-29-14-17-11-16(13-28)24(35)34(23(17)31-26)19-5-3-4-6-19;1-21(20)14-16-8-10-6-9(7-15)13(19)18(12(10)17-14)11-4-2-3-5-11;1-15(2)12-7-8-16(9-12)13(17)10-3-5-11(14)6-4-10;;;/h7-8,11-12,14,19-20H,3-6,9-10,15H2,1-2H3,(H,29,30,31);6,8,11H,2-5H2,1H3;3-6,12H,7-9,14H2,1-2H3;1H4;2*1H2/t20-;;12-;;;/m0.0.../s1. The van der Waals surface area contributed by atoms with Gasteiger partial charge in [0, 0.05) is 96.7 Å². The van der Waals surface area contributed by atoms with Crippen LogP contribution in [0.1, 0.15) is 116 Å². The predicted molar refractivity (Wildman–Crippen MR) is 308 cm³/mol. The quantitative estimate of drug-likeness (QED) is 0.111. The van der Waals surface area contributed by atoms with Crippen LogP contribution in [0.3, 0.4) is 0 Å². The van der Waals surface area contributed by atoms with Gasteiger partial charge < -0.3 is 30.7 Å². The van der Waals surface area contributed by atoms with Crippen molar-refractivity contribution in [3.05, 3.63) is 116 Å². The Morgan fingerprint density at radius 2 is 1.19 bits per heavy atom. The second-order valence-corrected chi connectivity index (χ2v) is 21.0. The highest BCUT2D eigenvalue weighted by Gasteiger charge is 2.31. The molecule has 4 aromatic heterocycles. The molecule has 2 aliphatic carbocycles. The number of likely N-dealkylation sites (N-methyl/N-ethyl adjacent to an activating group) is 2. The van der Waals surface area contributed by atoms with Crippen LogP contribution in [0.5, 0.6) is 0 Å². The number of benzene rings is 2. The lowest BCUT2D eigenvalue weighted by Gasteiger charge is -2.20. The van der Waals surface area contributed by atoms with Crippen LogP contribution in [-0.2, 0) is 10.8 Å². The number of carbonyl (C=O) groups excluding carboxylic acids is 2. The summed E-state index contributed by atoms with van der Waals surface area (Å²) >= 11 is 0. The average Bonchev–Trinajstić information content (AvgIpc) is 4.26. The number of nitrogens with zero attached hydrogens (tertiary/aromatic N) is 12. The largest absolute Gasteiger partial charge is 0.399 e. The number of carbonyl (C=O) groups is 2. The number of aromatic nitrogens is 6. The van der Waals surface area contributed by atoms with Crippen LogP contribution in [0.4, 0.5) is 21.7 Å². The summed E-state index contributed by atoms with van der Waals surface area (Å²) in [5, 5.41) is 23.0. The highest BCUT2D eigenvalue weighted by atomic mass is 32.2. The molecule has 4 aliphatic rings. The maximum Gasteiger partial charge on any atom is 0.270 e. The number of fused-ring (bicyclic) bond motifs is 2. The monoisotopic (exact) mass is 1110 g/mol. The molecule has 0 spiro atoms. The van der Waals surface area contributed by atoms with Crippen LogP contribution >= 0.6 is 27.0 Å². The second-order valence-electron chi connectivity index (χ2n) is 19.7. The first-order valence-corrected chi connectivity index (χ1v) is 26.4. The Morgan fingerprint density at radius 3 is 1.65 bits per heavy atom. The third-order valence-electron chi connectivity index (χ3n) is 14.4. The summed E-state index contributed by atoms with van der Waals surface area (Å²) < 4.78 is 29.7. The van der Waals surface area contributed by atoms with Crippen molar-refractivity contribution in [1.29, 1.82) is 10.5 Å².